The van der Waals surface area contributed by atoms with Crippen LogP contribution >= 0.6 is 0 Å². The lowest BCUT2D eigenvalue weighted by molar-refractivity contribution is -0.138. The maximum atomic E-state index is 11.5. The van der Waals surface area contributed by atoms with Gasteiger partial charge in [0, 0.05) is 19.4 Å². The van der Waals surface area contributed by atoms with Gasteiger partial charge in [-0.15, -0.1) is 0 Å². The second-order valence-corrected chi connectivity index (χ2v) is 7.04. The molecule has 1 heterocycles. The summed E-state index contributed by atoms with van der Waals surface area (Å²) in [4.78, 5) is 24.4. The zero-order chi connectivity index (χ0) is 16.8. The highest BCUT2D eigenvalue weighted by Gasteiger charge is 2.27. The standard InChI is InChI=1S/C20H37NO2/c1-2-3-4-5-6-7-8-9-10-11-12-13-14-15-18-21-19(22)16-17-20(21)23/h2-18H2,1H3. The fourth-order valence-corrected chi connectivity index (χ4v) is 3.34. The molecule has 3 nitrogen and oxygen atoms in total. The van der Waals surface area contributed by atoms with E-state index in [-0.39, 0.29) is 11.8 Å². The molecule has 0 aromatic carbocycles. The molecular formula is C20H37NO2. The molecule has 1 rings (SSSR count). The summed E-state index contributed by atoms with van der Waals surface area (Å²) in [5.41, 5.74) is 0. The van der Waals surface area contributed by atoms with Gasteiger partial charge in [-0.05, 0) is 6.42 Å². The Balaban J connectivity index is 1.76. The molecule has 0 aromatic heterocycles. The van der Waals surface area contributed by atoms with Crippen LogP contribution in [0, 0.1) is 0 Å². The molecule has 0 aliphatic carbocycles. The largest absolute Gasteiger partial charge is 0.283 e. The average molecular weight is 324 g/mol. The monoisotopic (exact) mass is 323 g/mol. The maximum absolute atomic E-state index is 11.5. The van der Waals surface area contributed by atoms with Crippen LogP contribution in [0.2, 0.25) is 0 Å². The second-order valence-electron chi connectivity index (χ2n) is 7.04. The van der Waals surface area contributed by atoms with Crippen LogP contribution in [0.15, 0.2) is 0 Å². The molecule has 134 valence electrons. The van der Waals surface area contributed by atoms with Crippen LogP contribution in [0.5, 0.6) is 0 Å². The number of likely N-dealkylation sites (tertiary alicyclic amines) is 1. The van der Waals surface area contributed by atoms with E-state index in [1.54, 1.807) is 0 Å². The predicted octanol–water partition coefficient (Wildman–Crippen LogP) is 5.62. The lowest BCUT2D eigenvalue weighted by Gasteiger charge is -2.13. The van der Waals surface area contributed by atoms with Crippen LogP contribution in [-0.4, -0.2) is 23.3 Å². The first kappa shape index (κ1) is 20.2. The van der Waals surface area contributed by atoms with Crippen molar-refractivity contribution < 1.29 is 9.59 Å². The normalized spacial score (nSPS) is 14.9. The van der Waals surface area contributed by atoms with E-state index in [2.05, 4.69) is 6.92 Å². The number of carbonyl (C=O) groups excluding carboxylic acids is 2. The highest BCUT2D eigenvalue weighted by Crippen LogP contribution is 2.15. The zero-order valence-electron chi connectivity index (χ0n) is 15.3. The summed E-state index contributed by atoms with van der Waals surface area (Å²) in [6.45, 7) is 2.92. The Labute approximate surface area is 143 Å². The molecule has 0 radical (unpaired) electrons. The molecule has 2 amide bonds. The van der Waals surface area contributed by atoms with Gasteiger partial charge in [0.2, 0.25) is 11.8 Å². The van der Waals surface area contributed by atoms with E-state index in [1.165, 1.54) is 81.9 Å². The zero-order valence-corrected chi connectivity index (χ0v) is 15.3. The van der Waals surface area contributed by atoms with Gasteiger partial charge in [-0.25, -0.2) is 0 Å². The number of hydrogen-bond donors (Lipinski definition) is 0. The Kier molecular flexibility index (Phi) is 11.9. The van der Waals surface area contributed by atoms with E-state index in [0.29, 0.717) is 19.4 Å². The van der Waals surface area contributed by atoms with Crippen LogP contribution < -0.4 is 0 Å². The molecule has 1 aliphatic rings. The van der Waals surface area contributed by atoms with Crippen molar-refractivity contribution in [2.45, 2.75) is 110 Å². The molecule has 1 fully saturated rings. The highest BCUT2D eigenvalue weighted by atomic mass is 16.2. The Hall–Kier alpha value is -0.860. The molecule has 0 N–H and O–H groups in total. The van der Waals surface area contributed by atoms with Crippen molar-refractivity contribution in [3.05, 3.63) is 0 Å². The summed E-state index contributed by atoms with van der Waals surface area (Å²) in [7, 11) is 0. The van der Waals surface area contributed by atoms with Gasteiger partial charge < -0.3 is 0 Å². The van der Waals surface area contributed by atoms with Crippen LogP contribution in [0.4, 0.5) is 0 Å². The van der Waals surface area contributed by atoms with Gasteiger partial charge in [0.15, 0.2) is 0 Å². The lowest BCUT2D eigenvalue weighted by atomic mass is 10.0. The van der Waals surface area contributed by atoms with Gasteiger partial charge >= 0.3 is 0 Å². The molecule has 0 aromatic rings. The number of nitrogens with zero attached hydrogens (tertiary/aromatic N) is 1. The van der Waals surface area contributed by atoms with Gasteiger partial charge in [-0.3, -0.25) is 14.5 Å². The molecule has 0 spiro atoms. The predicted molar refractivity (Wildman–Crippen MR) is 96.3 cm³/mol. The molecule has 3 heteroatoms. The Morgan fingerprint density at radius 3 is 1.35 bits per heavy atom. The maximum Gasteiger partial charge on any atom is 0.229 e. The summed E-state index contributed by atoms with van der Waals surface area (Å²) >= 11 is 0. The Morgan fingerprint density at radius 2 is 0.957 bits per heavy atom. The first-order valence-electron chi connectivity index (χ1n) is 10.1. The quantitative estimate of drug-likeness (QED) is 0.290. The Bertz CT molecular complexity index is 312. The van der Waals surface area contributed by atoms with Gasteiger partial charge in [-0.1, -0.05) is 90.4 Å². The minimum absolute atomic E-state index is 0.0321. The van der Waals surface area contributed by atoms with Crippen molar-refractivity contribution in [3.8, 4) is 0 Å². The van der Waals surface area contributed by atoms with Gasteiger partial charge in [0.05, 0.1) is 0 Å². The SMILES string of the molecule is CCCCCCCCCCCCCCCCN1C(=O)CCC1=O. The van der Waals surface area contributed by atoms with Crippen molar-refractivity contribution in [1.29, 1.82) is 0 Å². The summed E-state index contributed by atoms with van der Waals surface area (Å²) < 4.78 is 0. The molecule has 0 saturated carbocycles. The van der Waals surface area contributed by atoms with Crippen molar-refractivity contribution in [1.82, 2.24) is 4.90 Å². The first-order valence-corrected chi connectivity index (χ1v) is 10.1. The van der Waals surface area contributed by atoms with Crippen LogP contribution in [0.25, 0.3) is 0 Å². The minimum atomic E-state index is 0.0321. The third kappa shape index (κ3) is 9.78. The molecule has 1 aliphatic heterocycles. The first-order chi connectivity index (χ1) is 11.3. The topological polar surface area (TPSA) is 37.4 Å². The number of unbranched alkanes of at least 4 members (excludes halogenated alkanes) is 13. The lowest BCUT2D eigenvalue weighted by Crippen LogP contribution is -2.29. The Morgan fingerprint density at radius 1 is 0.609 bits per heavy atom. The number of imide groups is 1. The van der Waals surface area contributed by atoms with E-state index in [1.807, 2.05) is 0 Å². The van der Waals surface area contributed by atoms with E-state index < -0.39 is 0 Å². The number of carbonyl (C=O) groups is 2. The molecule has 0 unspecified atom stereocenters. The summed E-state index contributed by atoms with van der Waals surface area (Å²) in [6.07, 6.45) is 19.5. The van der Waals surface area contributed by atoms with E-state index in [0.717, 1.165) is 12.8 Å². The average Bonchev–Trinajstić information content (AvgIpc) is 2.86. The van der Waals surface area contributed by atoms with Crippen molar-refractivity contribution in [2.24, 2.45) is 0 Å². The number of hydrogen-bond acceptors (Lipinski definition) is 2. The second kappa shape index (κ2) is 13.6. The third-order valence-corrected chi connectivity index (χ3v) is 4.89. The van der Waals surface area contributed by atoms with Crippen LogP contribution in [0.1, 0.15) is 110 Å². The van der Waals surface area contributed by atoms with Gasteiger partial charge in [0.25, 0.3) is 0 Å². The van der Waals surface area contributed by atoms with E-state index in [9.17, 15) is 9.59 Å². The van der Waals surface area contributed by atoms with Gasteiger partial charge in [0.1, 0.15) is 0 Å². The molecular weight excluding hydrogens is 286 g/mol. The summed E-state index contributed by atoms with van der Waals surface area (Å²) in [5.74, 6) is 0.0642. The summed E-state index contributed by atoms with van der Waals surface area (Å²) in [6, 6.07) is 0. The fourth-order valence-electron chi connectivity index (χ4n) is 3.34. The van der Waals surface area contributed by atoms with Crippen LogP contribution in [-0.2, 0) is 9.59 Å². The van der Waals surface area contributed by atoms with Crippen molar-refractivity contribution in [3.63, 3.8) is 0 Å². The van der Waals surface area contributed by atoms with Crippen molar-refractivity contribution in [2.75, 3.05) is 6.54 Å². The number of rotatable bonds is 15. The minimum Gasteiger partial charge on any atom is -0.283 e. The number of amides is 2. The molecule has 0 bridgehead atoms. The molecule has 23 heavy (non-hydrogen) atoms. The highest BCUT2D eigenvalue weighted by molar-refractivity contribution is 6.01. The third-order valence-electron chi connectivity index (χ3n) is 4.89. The van der Waals surface area contributed by atoms with E-state index >= 15 is 0 Å². The van der Waals surface area contributed by atoms with Gasteiger partial charge in [-0.2, -0.15) is 0 Å². The molecule has 1 saturated heterocycles. The van der Waals surface area contributed by atoms with Crippen molar-refractivity contribution >= 4 is 11.8 Å². The molecule has 0 atom stereocenters. The summed E-state index contributed by atoms with van der Waals surface area (Å²) in [5, 5.41) is 0. The van der Waals surface area contributed by atoms with E-state index in [4.69, 9.17) is 0 Å². The fraction of sp³-hybridized carbons (Fsp3) is 0.900. The smallest absolute Gasteiger partial charge is 0.229 e. The van der Waals surface area contributed by atoms with Crippen LogP contribution in [0.3, 0.4) is 0 Å².